The smallest absolute Gasteiger partial charge is 0.325 e. The maximum Gasteiger partial charge on any atom is 0.325 e. The van der Waals surface area contributed by atoms with E-state index in [2.05, 4.69) is 42.3 Å². The van der Waals surface area contributed by atoms with Gasteiger partial charge in [-0.25, -0.2) is 4.79 Å². The van der Waals surface area contributed by atoms with E-state index in [1.165, 1.54) is 16.8 Å². The number of fused-ring (bicyclic) bond motifs is 4. The maximum atomic E-state index is 13.6. The van der Waals surface area contributed by atoms with Crippen LogP contribution in [0.4, 0.5) is 16.2 Å². The molecule has 3 aromatic carbocycles. The van der Waals surface area contributed by atoms with Crippen LogP contribution < -0.4 is 24.6 Å². The zero-order valence-electron chi connectivity index (χ0n) is 22.9. The highest BCUT2D eigenvalue weighted by Crippen LogP contribution is 2.49. The molecule has 1 N–H and O–H groups in total. The summed E-state index contributed by atoms with van der Waals surface area (Å²) < 4.78 is 12.0. The number of nitrogens with zero attached hydrogens (tertiary/aromatic N) is 3. The molecule has 2 saturated heterocycles. The summed E-state index contributed by atoms with van der Waals surface area (Å²) in [6.07, 6.45) is 0.567. The van der Waals surface area contributed by atoms with E-state index in [0.717, 1.165) is 18.7 Å². The number of para-hydroxylation sites is 1. The molecule has 2 atom stereocenters. The number of urea groups is 1. The van der Waals surface area contributed by atoms with Crippen molar-refractivity contribution < 1.29 is 19.1 Å². The van der Waals surface area contributed by atoms with Crippen LogP contribution in [0.3, 0.4) is 0 Å². The first-order chi connectivity index (χ1) is 18.8. The van der Waals surface area contributed by atoms with Gasteiger partial charge in [0.2, 0.25) is 0 Å². The van der Waals surface area contributed by atoms with Crippen molar-refractivity contribution in [1.29, 1.82) is 0 Å². The van der Waals surface area contributed by atoms with Gasteiger partial charge in [0.25, 0.3) is 5.91 Å². The molecule has 8 nitrogen and oxygen atoms in total. The van der Waals surface area contributed by atoms with Gasteiger partial charge in [0, 0.05) is 49.4 Å². The van der Waals surface area contributed by atoms with Crippen molar-refractivity contribution in [2.75, 3.05) is 43.1 Å². The number of hydrogen-bond donors (Lipinski definition) is 1. The molecule has 0 saturated carbocycles. The van der Waals surface area contributed by atoms with E-state index in [-0.39, 0.29) is 18.0 Å². The molecule has 39 heavy (non-hydrogen) atoms. The number of aryl methyl sites for hydroxylation is 2. The van der Waals surface area contributed by atoms with E-state index < -0.39 is 5.72 Å². The normalized spacial score (nSPS) is 22.1. The first-order valence-corrected chi connectivity index (χ1v) is 13.5. The van der Waals surface area contributed by atoms with Gasteiger partial charge in [-0.1, -0.05) is 30.3 Å². The molecule has 6 rings (SSSR count). The Labute approximate surface area is 229 Å². The van der Waals surface area contributed by atoms with Gasteiger partial charge in [0.15, 0.2) is 17.2 Å². The summed E-state index contributed by atoms with van der Waals surface area (Å²) in [7, 11) is 1.61. The highest BCUT2D eigenvalue weighted by molar-refractivity contribution is 5.99. The van der Waals surface area contributed by atoms with Crippen LogP contribution in [0, 0.1) is 13.8 Å². The molecule has 0 aliphatic carbocycles. The molecule has 3 aliphatic heterocycles. The Kier molecular flexibility index (Phi) is 6.13. The Morgan fingerprint density at radius 3 is 2.56 bits per heavy atom. The highest BCUT2D eigenvalue weighted by Gasteiger charge is 2.50. The summed E-state index contributed by atoms with van der Waals surface area (Å²) in [6, 6.07) is 19.1. The summed E-state index contributed by atoms with van der Waals surface area (Å²) in [4.78, 5) is 32.8. The molecule has 202 valence electrons. The lowest BCUT2D eigenvalue weighted by molar-refractivity contribution is 0.0349. The number of methoxy groups -OCH3 is 1. The molecule has 3 amide bonds. The number of amides is 3. The quantitative estimate of drug-likeness (QED) is 0.515. The van der Waals surface area contributed by atoms with Crippen molar-refractivity contribution in [3.8, 4) is 11.5 Å². The number of benzene rings is 3. The Morgan fingerprint density at radius 1 is 1.03 bits per heavy atom. The molecule has 2 fully saturated rings. The minimum Gasteiger partial charge on any atom is -0.493 e. The molecular formula is C31H34N4O4. The molecule has 2 bridgehead atoms. The van der Waals surface area contributed by atoms with Crippen LogP contribution in [0.15, 0.2) is 60.7 Å². The maximum absolute atomic E-state index is 13.6. The lowest BCUT2D eigenvalue weighted by Gasteiger charge is -2.50. The molecule has 0 unspecified atom stereocenters. The van der Waals surface area contributed by atoms with Crippen molar-refractivity contribution in [1.82, 2.24) is 10.2 Å². The number of piperazine rings is 1. The zero-order valence-corrected chi connectivity index (χ0v) is 22.9. The molecule has 3 aromatic rings. The molecule has 8 heteroatoms. The van der Waals surface area contributed by atoms with Crippen LogP contribution in [-0.4, -0.2) is 55.9 Å². The first kappa shape index (κ1) is 25.1. The van der Waals surface area contributed by atoms with Gasteiger partial charge >= 0.3 is 6.03 Å². The summed E-state index contributed by atoms with van der Waals surface area (Å²) in [5.41, 5.74) is 4.85. The van der Waals surface area contributed by atoms with Gasteiger partial charge in [0.05, 0.1) is 18.8 Å². The van der Waals surface area contributed by atoms with E-state index in [0.29, 0.717) is 42.3 Å². The van der Waals surface area contributed by atoms with Crippen LogP contribution in [0.5, 0.6) is 11.5 Å². The molecule has 0 aromatic heterocycles. The van der Waals surface area contributed by atoms with Crippen LogP contribution >= 0.6 is 0 Å². The minimum atomic E-state index is -0.937. The summed E-state index contributed by atoms with van der Waals surface area (Å²) >= 11 is 0. The van der Waals surface area contributed by atoms with Gasteiger partial charge < -0.3 is 24.6 Å². The van der Waals surface area contributed by atoms with Crippen molar-refractivity contribution in [2.45, 2.75) is 39.0 Å². The standard InChI is InChI=1S/C31H34N4O4/c1-20-11-12-21(2)26(17-20)33-13-15-34(16-14-33)29(36)22-7-5-8-23(18-22)35-30(37)32-25-19-31(35,3)39-28-24(25)9-6-10-27(28)38-4/h5-12,17-18,25H,13-16,19H2,1-4H3,(H,32,37)/t25-,31+/m1/s1. The Morgan fingerprint density at radius 2 is 1.79 bits per heavy atom. The van der Waals surface area contributed by atoms with E-state index in [4.69, 9.17) is 9.47 Å². The van der Waals surface area contributed by atoms with Gasteiger partial charge in [0.1, 0.15) is 0 Å². The molecule has 0 spiro atoms. The largest absolute Gasteiger partial charge is 0.493 e. The number of anilines is 2. The van der Waals surface area contributed by atoms with Crippen LogP contribution in [-0.2, 0) is 0 Å². The predicted molar refractivity (Wildman–Crippen MR) is 151 cm³/mol. The third kappa shape index (κ3) is 4.33. The monoisotopic (exact) mass is 526 g/mol. The van der Waals surface area contributed by atoms with E-state index >= 15 is 0 Å². The summed E-state index contributed by atoms with van der Waals surface area (Å²) in [5.74, 6) is 1.23. The molecular weight excluding hydrogens is 492 g/mol. The van der Waals surface area contributed by atoms with E-state index in [1.807, 2.05) is 48.2 Å². The molecule has 3 heterocycles. The second-order valence-corrected chi connectivity index (χ2v) is 10.8. The van der Waals surface area contributed by atoms with Gasteiger partial charge in [-0.2, -0.15) is 0 Å². The van der Waals surface area contributed by atoms with E-state index in [1.54, 1.807) is 18.1 Å². The minimum absolute atomic E-state index is 0.0329. The number of hydrogen-bond acceptors (Lipinski definition) is 5. The summed E-state index contributed by atoms with van der Waals surface area (Å²) in [5, 5.41) is 3.12. The number of rotatable bonds is 4. The summed E-state index contributed by atoms with van der Waals surface area (Å²) in [6.45, 7) is 8.97. The second-order valence-electron chi connectivity index (χ2n) is 10.8. The fraction of sp³-hybridized carbons (Fsp3) is 0.355. The predicted octanol–water partition coefficient (Wildman–Crippen LogP) is 5.04. The van der Waals surface area contributed by atoms with E-state index in [9.17, 15) is 9.59 Å². The van der Waals surface area contributed by atoms with Gasteiger partial charge in [-0.05, 0) is 62.2 Å². The molecule has 3 aliphatic rings. The van der Waals surface area contributed by atoms with Crippen LogP contribution in [0.1, 0.15) is 46.4 Å². The SMILES string of the molecule is COc1cccc2c1O[C@@]1(C)C[C@H]2NC(=O)N1c1cccc(C(=O)N2CCN(c3cc(C)ccc3C)CC2)c1. The van der Waals surface area contributed by atoms with Crippen molar-refractivity contribution >= 4 is 23.3 Å². The number of nitrogens with one attached hydrogen (secondary N) is 1. The molecule has 0 radical (unpaired) electrons. The van der Waals surface area contributed by atoms with Crippen LogP contribution in [0.25, 0.3) is 0 Å². The van der Waals surface area contributed by atoms with Gasteiger partial charge in [-0.3, -0.25) is 9.69 Å². The lowest BCUT2D eigenvalue weighted by Crippen LogP contribution is -2.65. The lowest BCUT2D eigenvalue weighted by atomic mass is 9.89. The fourth-order valence-corrected chi connectivity index (χ4v) is 6.08. The Balaban J connectivity index is 1.22. The third-order valence-electron chi connectivity index (χ3n) is 8.11. The second kappa shape index (κ2) is 9.52. The average Bonchev–Trinajstić information content (AvgIpc) is 2.93. The number of carbonyl (C=O) groups is 2. The first-order valence-electron chi connectivity index (χ1n) is 13.5. The number of carbonyl (C=O) groups excluding carboxylic acids is 2. The van der Waals surface area contributed by atoms with Crippen LogP contribution in [0.2, 0.25) is 0 Å². The zero-order chi connectivity index (χ0) is 27.3. The Bertz CT molecular complexity index is 1450. The highest BCUT2D eigenvalue weighted by atomic mass is 16.5. The van der Waals surface area contributed by atoms with Gasteiger partial charge in [-0.15, -0.1) is 0 Å². The topological polar surface area (TPSA) is 74.3 Å². The van der Waals surface area contributed by atoms with Crippen molar-refractivity contribution in [3.05, 3.63) is 82.9 Å². The third-order valence-corrected chi connectivity index (χ3v) is 8.11. The van der Waals surface area contributed by atoms with Crippen molar-refractivity contribution in [3.63, 3.8) is 0 Å². The Hall–Kier alpha value is -4.20. The van der Waals surface area contributed by atoms with Crippen molar-refractivity contribution in [2.24, 2.45) is 0 Å². The fourth-order valence-electron chi connectivity index (χ4n) is 6.08. The average molecular weight is 527 g/mol. The number of ether oxygens (including phenoxy) is 2.